The second kappa shape index (κ2) is 5.10. The number of nitrogens with two attached hydrogens (primary N) is 1. The van der Waals surface area contributed by atoms with Gasteiger partial charge in [-0.3, -0.25) is 0 Å². The molecule has 0 radical (unpaired) electrons. The number of aromatic nitrogens is 2. The van der Waals surface area contributed by atoms with Crippen molar-refractivity contribution < 1.29 is 4.39 Å². The van der Waals surface area contributed by atoms with Crippen LogP contribution in [0.5, 0.6) is 0 Å². The molecule has 1 heterocycles. The van der Waals surface area contributed by atoms with E-state index < -0.39 is 0 Å². The average Bonchev–Trinajstić information content (AvgIpc) is 2.73. The first-order valence-electron chi connectivity index (χ1n) is 5.79. The zero-order valence-electron chi connectivity index (χ0n) is 9.83. The summed E-state index contributed by atoms with van der Waals surface area (Å²) in [6, 6.07) is 6.69. The Hall–Kier alpha value is -1.68. The number of aromatic amines is 1. The van der Waals surface area contributed by atoms with Crippen molar-refractivity contribution in [1.82, 2.24) is 9.97 Å². The summed E-state index contributed by atoms with van der Waals surface area (Å²) in [7, 11) is 0. The number of hydrogen-bond donors (Lipinski definition) is 2. The molecule has 2 aromatic rings. The third-order valence-electron chi connectivity index (χ3n) is 2.69. The van der Waals surface area contributed by atoms with Crippen molar-refractivity contribution in [2.24, 2.45) is 5.73 Å². The second-order valence-corrected chi connectivity index (χ2v) is 3.88. The number of nitrogens with one attached hydrogen (secondary N) is 1. The maximum Gasteiger partial charge on any atom is 0.132 e. The van der Waals surface area contributed by atoms with Crippen LogP contribution < -0.4 is 5.73 Å². The first-order valence-corrected chi connectivity index (χ1v) is 5.79. The molecule has 0 fully saturated rings. The molecule has 0 bridgehead atoms. The predicted octanol–water partition coefficient (Wildman–Crippen LogP) is 2.28. The van der Waals surface area contributed by atoms with Gasteiger partial charge in [-0.2, -0.15) is 0 Å². The van der Waals surface area contributed by atoms with E-state index in [1.807, 2.05) is 13.0 Å². The lowest BCUT2D eigenvalue weighted by Crippen LogP contribution is -2.04. The highest BCUT2D eigenvalue weighted by atomic mass is 19.1. The van der Waals surface area contributed by atoms with E-state index in [0.717, 1.165) is 17.9 Å². The number of nitrogens with zero attached hydrogens (tertiary/aromatic N) is 1. The summed E-state index contributed by atoms with van der Waals surface area (Å²) in [6.45, 7) is 2.55. The number of rotatable bonds is 4. The van der Waals surface area contributed by atoms with E-state index in [0.29, 0.717) is 24.2 Å². The van der Waals surface area contributed by atoms with Crippen molar-refractivity contribution in [1.29, 1.82) is 0 Å². The summed E-state index contributed by atoms with van der Waals surface area (Å²) in [4.78, 5) is 7.63. The standard InChI is InChI=1S/C13H16FN3/c1-2-11-13(17-12(16-11)7-8-15)9-5-3-4-6-10(9)14/h3-6H,2,7-8,15H2,1H3,(H,16,17). The summed E-state index contributed by atoms with van der Waals surface area (Å²) in [5, 5.41) is 0. The Labute approximate surface area is 99.9 Å². The molecule has 0 aliphatic rings. The highest BCUT2D eigenvalue weighted by Crippen LogP contribution is 2.24. The third kappa shape index (κ3) is 2.36. The van der Waals surface area contributed by atoms with Gasteiger partial charge in [-0.25, -0.2) is 9.37 Å². The number of halogens is 1. The largest absolute Gasteiger partial charge is 0.345 e. The monoisotopic (exact) mass is 233 g/mol. The van der Waals surface area contributed by atoms with E-state index in [-0.39, 0.29) is 5.82 Å². The van der Waals surface area contributed by atoms with E-state index >= 15 is 0 Å². The number of aryl methyl sites for hydroxylation is 1. The number of benzene rings is 1. The maximum atomic E-state index is 13.7. The van der Waals surface area contributed by atoms with Gasteiger partial charge in [0.05, 0.1) is 5.69 Å². The molecule has 0 aliphatic carbocycles. The Morgan fingerprint density at radius 2 is 2.12 bits per heavy atom. The van der Waals surface area contributed by atoms with Gasteiger partial charge in [-0.1, -0.05) is 19.1 Å². The van der Waals surface area contributed by atoms with Gasteiger partial charge in [0, 0.05) is 17.7 Å². The van der Waals surface area contributed by atoms with E-state index in [9.17, 15) is 4.39 Å². The number of H-pyrrole nitrogens is 1. The van der Waals surface area contributed by atoms with E-state index in [2.05, 4.69) is 9.97 Å². The SMILES string of the molecule is CCc1[nH]c(CCN)nc1-c1ccccc1F. The smallest absolute Gasteiger partial charge is 0.132 e. The minimum Gasteiger partial charge on any atom is -0.345 e. The van der Waals surface area contributed by atoms with Crippen LogP contribution in [0.2, 0.25) is 0 Å². The van der Waals surface area contributed by atoms with Crippen LogP contribution in [-0.2, 0) is 12.8 Å². The van der Waals surface area contributed by atoms with Gasteiger partial charge < -0.3 is 10.7 Å². The normalized spacial score (nSPS) is 10.8. The van der Waals surface area contributed by atoms with Gasteiger partial charge in [0.1, 0.15) is 11.6 Å². The Bertz CT molecular complexity index is 505. The molecule has 90 valence electrons. The van der Waals surface area contributed by atoms with Crippen LogP contribution in [0, 0.1) is 5.82 Å². The molecule has 0 aliphatic heterocycles. The van der Waals surface area contributed by atoms with Crippen molar-refractivity contribution in [2.75, 3.05) is 6.54 Å². The van der Waals surface area contributed by atoms with Crippen molar-refractivity contribution in [3.63, 3.8) is 0 Å². The Morgan fingerprint density at radius 1 is 1.35 bits per heavy atom. The molecule has 0 saturated heterocycles. The molecule has 2 rings (SSSR count). The van der Waals surface area contributed by atoms with Crippen LogP contribution in [0.15, 0.2) is 24.3 Å². The lowest BCUT2D eigenvalue weighted by Gasteiger charge is -2.01. The van der Waals surface area contributed by atoms with Gasteiger partial charge in [0.15, 0.2) is 0 Å². The minimum absolute atomic E-state index is 0.243. The predicted molar refractivity (Wildman–Crippen MR) is 66.1 cm³/mol. The summed E-state index contributed by atoms with van der Waals surface area (Å²) >= 11 is 0. The molecule has 4 heteroatoms. The fourth-order valence-electron chi connectivity index (χ4n) is 1.85. The van der Waals surface area contributed by atoms with Gasteiger partial charge in [0.25, 0.3) is 0 Å². The molecule has 3 nitrogen and oxygen atoms in total. The molecule has 0 spiro atoms. The number of hydrogen-bond acceptors (Lipinski definition) is 2. The fourth-order valence-corrected chi connectivity index (χ4v) is 1.85. The average molecular weight is 233 g/mol. The lowest BCUT2D eigenvalue weighted by molar-refractivity contribution is 0.630. The molecule has 0 saturated carbocycles. The molecule has 0 atom stereocenters. The highest BCUT2D eigenvalue weighted by Gasteiger charge is 2.13. The first-order chi connectivity index (χ1) is 8.26. The van der Waals surface area contributed by atoms with Crippen LogP contribution in [0.3, 0.4) is 0 Å². The van der Waals surface area contributed by atoms with E-state index in [1.165, 1.54) is 6.07 Å². The molecule has 1 aromatic carbocycles. The highest BCUT2D eigenvalue weighted by molar-refractivity contribution is 5.62. The quantitative estimate of drug-likeness (QED) is 0.851. The van der Waals surface area contributed by atoms with Gasteiger partial charge in [0.2, 0.25) is 0 Å². The van der Waals surface area contributed by atoms with E-state index in [1.54, 1.807) is 12.1 Å². The summed E-state index contributed by atoms with van der Waals surface area (Å²) in [5.74, 6) is 0.579. The van der Waals surface area contributed by atoms with Crippen molar-refractivity contribution in [2.45, 2.75) is 19.8 Å². The summed E-state index contributed by atoms with van der Waals surface area (Å²) < 4.78 is 13.7. The zero-order chi connectivity index (χ0) is 12.3. The molecular formula is C13H16FN3. The fraction of sp³-hybridized carbons (Fsp3) is 0.308. The minimum atomic E-state index is -0.243. The van der Waals surface area contributed by atoms with Crippen molar-refractivity contribution in [3.05, 3.63) is 41.6 Å². The molecule has 0 unspecified atom stereocenters. The molecule has 0 amide bonds. The Morgan fingerprint density at radius 3 is 2.76 bits per heavy atom. The molecule has 17 heavy (non-hydrogen) atoms. The zero-order valence-corrected chi connectivity index (χ0v) is 9.83. The van der Waals surface area contributed by atoms with E-state index in [4.69, 9.17) is 5.73 Å². The maximum absolute atomic E-state index is 13.7. The van der Waals surface area contributed by atoms with Gasteiger partial charge in [-0.15, -0.1) is 0 Å². The Balaban J connectivity index is 2.47. The third-order valence-corrected chi connectivity index (χ3v) is 2.69. The molecular weight excluding hydrogens is 217 g/mol. The Kier molecular flexibility index (Phi) is 3.54. The number of imidazole rings is 1. The summed E-state index contributed by atoms with van der Waals surface area (Å²) in [5.41, 5.74) is 7.70. The van der Waals surface area contributed by atoms with Crippen LogP contribution in [0.4, 0.5) is 4.39 Å². The van der Waals surface area contributed by atoms with Crippen molar-refractivity contribution in [3.8, 4) is 11.3 Å². The summed E-state index contributed by atoms with van der Waals surface area (Å²) in [6.07, 6.45) is 1.47. The van der Waals surface area contributed by atoms with Crippen LogP contribution >= 0.6 is 0 Å². The van der Waals surface area contributed by atoms with Crippen LogP contribution in [0.25, 0.3) is 11.3 Å². The molecule has 3 N–H and O–H groups in total. The second-order valence-electron chi connectivity index (χ2n) is 3.88. The van der Waals surface area contributed by atoms with Crippen molar-refractivity contribution >= 4 is 0 Å². The van der Waals surface area contributed by atoms with Crippen LogP contribution in [-0.4, -0.2) is 16.5 Å². The lowest BCUT2D eigenvalue weighted by atomic mass is 10.1. The van der Waals surface area contributed by atoms with Gasteiger partial charge >= 0.3 is 0 Å². The molecule has 1 aromatic heterocycles. The first kappa shape index (κ1) is 11.8. The topological polar surface area (TPSA) is 54.7 Å². The van der Waals surface area contributed by atoms with Crippen LogP contribution in [0.1, 0.15) is 18.4 Å². The van der Waals surface area contributed by atoms with Gasteiger partial charge in [-0.05, 0) is 25.1 Å².